The standard InChI is InChI=1S/C22H22ClNO4/c1-3-4-13-24-19(14-5-9-16(23)10-6-14)18(21(26)22(24)27)20(25)15-7-11-17(28-2)12-8-15/h5-12,19,25H,3-4,13H2,1-2H3/b20-18+/t19-/m1/s1. The fraction of sp³-hybridized carbons (Fsp3) is 0.273. The zero-order valence-corrected chi connectivity index (χ0v) is 16.6. The summed E-state index contributed by atoms with van der Waals surface area (Å²) in [5.74, 6) is -0.831. The van der Waals surface area contributed by atoms with Crippen LogP contribution in [0.25, 0.3) is 5.76 Å². The largest absolute Gasteiger partial charge is 0.507 e. The monoisotopic (exact) mass is 399 g/mol. The van der Waals surface area contributed by atoms with E-state index in [1.54, 1.807) is 55.6 Å². The number of Topliss-reactive ketones (excluding diaryl/α,β-unsaturated/α-hetero) is 1. The third-order valence-corrected chi connectivity index (χ3v) is 5.09. The van der Waals surface area contributed by atoms with Gasteiger partial charge in [0, 0.05) is 17.1 Å². The summed E-state index contributed by atoms with van der Waals surface area (Å²) in [6.07, 6.45) is 1.65. The molecule has 146 valence electrons. The van der Waals surface area contributed by atoms with Crippen LogP contribution in [-0.4, -0.2) is 35.4 Å². The average molecular weight is 400 g/mol. The van der Waals surface area contributed by atoms with E-state index in [1.807, 2.05) is 6.92 Å². The first kappa shape index (κ1) is 20.0. The molecular weight excluding hydrogens is 378 g/mol. The molecule has 28 heavy (non-hydrogen) atoms. The molecule has 0 unspecified atom stereocenters. The number of benzene rings is 2. The van der Waals surface area contributed by atoms with E-state index in [0.29, 0.717) is 22.9 Å². The van der Waals surface area contributed by atoms with Crippen molar-refractivity contribution in [2.24, 2.45) is 0 Å². The van der Waals surface area contributed by atoms with Crippen LogP contribution in [0.2, 0.25) is 5.02 Å². The van der Waals surface area contributed by atoms with Gasteiger partial charge in [0.05, 0.1) is 18.7 Å². The minimum atomic E-state index is -0.677. The summed E-state index contributed by atoms with van der Waals surface area (Å²) in [5, 5.41) is 11.5. The molecule has 1 aliphatic heterocycles. The number of ether oxygens (including phenoxy) is 1. The van der Waals surface area contributed by atoms with E-state index < -0.39 is 17.7 Å². The molecule has 3 rings (SSSR count). The molecule has 1 atom stereocenters. The number of aliphatic hydroxyl groups is 1. The average Bonchev–Trinajstić information content (AvgIpc) is 2.97. The van der Waals surface area contributed by atoms with Crippen LogP contribution in [0.15, 0.2) is 54.1 Å². The fourth-order valence-corrected chi connectivity index (χ4v) is 3.46. The Morgan fingerprint density at radius 2 is 1.75 bits per heavy atom. The highest BCUT2D eigenvalue weighted by Crippen LogP contribution is 2.39. The zero-order chi connectivity index (χ0) is 20.3. The normalized spacial score (nSPS) is 18.5. The maximum absolute atomic E-state index is 12.8. The minimum absolute atomic E-state index is 0.0913. The lowest BCUT2D eigenvalue weighted by molar-refractivity contribution is -0.139. The van der Waals surface area contributed by atoms with Gasteiger partial charge in [0.2, 0.25) is 0 Å². The number of rotatable bonds is 6. The number of methoxy groups -OCH3 is 1. The van der Waals surface area contributed by atoms with Crippen molar-refractivity contribution in [3.8, 4) is 5.75 Å². The summed E-state index contributed by atoms with van der Waals surface area (Å²) in [6.45, 7) is 2.46. The molecule has 2 aromatic carbocycles. The fourth-order valence-electron chi connectivity index (χ4n) is 3.34. The van der Waals surface area contributed by atoms with Crippen LogP contribution in [-0.2, 0) is 9.59 Å². The molecule has 0 bridgehead atoms. The number of likely N-dealkylation sites (tertiary alicyclic amines) is 1. The van der Waals surface area contributed by atoms with E-state index in [1.165, 1.54) is 4.90 Å². The van der Waals surface area contributed by atoms with Crippen molar-refractivity contribution in [2.45, 2.75) is 25.8 Å². The van der Waals surface area contributed by atoms with Gasteiger partial charge in [-0.3, -0.25) is 9.59 Å². The Kier molecular flexibility index (Phi) is 6.05. The molecule has 2 aromatic rings. The Morgan fingerprint density at radius 3 is 2.32 bits per heavy atom. The van der Waals surface area contributed by atoms with Crippen LogP contribution in [0, 0.1) is 0 Å². The second-order valence-electron chi connectivity index (χ2n) is 6.63. The molecule has 0 radical (unpaired) electrons. The van der Waals surface area contributed by atoms with Crippen molar-refractivity contribution in [1.29, 1.82) is 0 Å². The summed E-state index contributed by atoms with van der Waals surface area (Å²) in [6, 6.07) is 13.0. The van der Waals surface area contributed by atoms with E-state index >= 15 is 0 Å². The van der Waals surface area contributed by atoms with Crippen LogP contribution in [0.1, 0.15) is 36.9 Å². The number of amides is 1. The van der Waals surface area contributed by atoms with Crippen molar-refractivity contribution in [1.82, 2.24) is 4.90 Å². The molecule has 0 aliphatic carbocycles. The van der Waals surface area contributed by atoms with Gasteiger partial charge in [-0.2, -0.15) is 0 Å². The summed E-state index contributed by atoms with van der Waals surface area (Å²) >= 11 is 6.00. The third-order valence-electron chi connectivity index (χ3n) is 4.84. The van der Waals surface area contributed by atoms with Gasteiger partial charge in [0.1, 0.15) is 11.5 Å². The van der Waals surface area contributed by atoms with Crippen LogP contribution in [0.5, 0.6) is 5.75 Å². The van der Waals surface area contributed by atoms with Gasteiger partial charge in [-0.25, -0.2) is 0 Å². The first-order valence-electron chi connectivity index (χ1n) is 9.16. The SMILES string of the molecule is CCCCN1C(=O)C(=O)/C(=C(/O)c2ccc(OC)cc2)[C@H]1c1ccc(Cl)cc1. The Morgan fingerprint density at radius 1 is 1.11 bits per heavy atom. The number of hydrogen-bond acceptors (Lipinski definition) is 4. The molecule has 1 aliphatic rings. The first-order chi connectivity index (χ1) is 13.5. The lowest BCUT2D eigenvalue weighted by Gasteiger charge is -2.25. The Balaban J connectivity index is 2.12. The molecule has 1 N–H and O–H groups in total. The number of aliphatic hydroxyl groups excluding tert-OH is 1. The second kappa shape index (κ2) is 8.48. The molecule has 0 saturated carbocycles. The highest BCUT2D eigenvalue weighted by molar-refractivity contribution is 6.46. The molecular formula is C22H22ClNO4. The molecule has 0 aromatic heterocycles. The van der Waals surface area contributed by atoms with E-state index in [4.69, 9.17) is 16.3 Å². The van der Waals surface area contributed by atoms with Crippen LogP contribution in [0.3, 0.4) is 0 Å². The van der Waals surface area contributed by atoms with E-state index in [2.05, 4.69) is 0 Å². The van der Waals surface area contributed by atoms with E-state index in [9.17, 15) is 14.7 Å². The Bertz CT molecular complexity index is 903. The predicted molar refractivity (Wildman–Crippen MR) is 108 cm³/mol. The van der Waals surface area contributed by atoms with Gasteiger partial charge < -0.3 is 14.7 Å². The summed E-state index contributed by atoms with van der Waals surface area (Å²) in [7, 11) is 1.55. The molecule has 1 fully saturated rings. The predicted octanol–water partition coefficient (Wildman–Crippen LogP) is 4.57. The lowest BCUT2D eigenvalue weighted by Crippen LogP contribution is -2.30. The van der Waals surface area contributed by atoms with Gasteiger partial charge in [0.15, 0.2) is 0 Å². The molecule has 5 nitrogen and oxygen atoms in total. The van der Waals surface area contributed by atoms with Crippen LogP contribution in [0.4, 0.5) is 0 Å². The minimum Gasteiger partial charge on any atom is -0.507 e. The summed E-state index contributed by atoms with van der Waals surface area (Å²) in [5.41, 5.74) is 1.27. The highest BCUT2D eigenvalue weighted by atomic mass is 35.5. The number of carbonyl (C=O) groups excluding carboxylic acids is 2. The number of nitrogens with zero attached hydrogens (tertiary/aromatic N) is 1. The maximum Gasteiger partial charge on any atom is 0.295 e. The molecule has 1 amide bonds. The Labute approximate surface area is 169 Å². The van der Waals surface area contributed by atoms with E-state index in [-0.39, 0.29) is 11.3 Å². The van der Waals surface area contributed by atoms with Crippen molar-refractivity contribution in [3.63, 3.8) is 0 Å². The van der Waals surface area contributed by atoms with Crippen molar-refractivity contribution in [3.05, 3.63) is 70.3 Å². The second-order valence-corrected chi connectivity index (χ2v) is 7.06. The van der Waals surface area contributed by atoms with Gasteiger partial charge in [-0.1, -0.05) is 37.1 Å². The number of hydrogen-bond donors (Lipinski definition) is 1. The number of halogens is 1. The summed E-state index contributed by atoms with van der Waals surface area (Å²) in [4.78, 5) is 27.0. The quantitative estimate of drug-likeness (QED) is 0.439. The van der Waals surface area contributed by atoms with Crippen molar-refractivity contribution >= 4 is 29.1 Å². The Hall–Kier alpha value is -2.79. The van der Waals surface area contributed by atoms with Gasteiger partial charge >= 0.3 is 0 Å². The smallest absolute Gasteiger partial charge is 0.295 e. The van der Waals surface area contributed by atoms with Crippen LogP contribution >= 0.6 is 11.6 Å². The zero-order valence-electron chi connectivity index (χ0n) is 15.8. The lowest BCUT2D eigenvalue weighted by atomic mass is 9.95. The number of ketones is 1. The molecule has 6 heteroatoms. The van der Waals surface area contributed by atoms with Gasteiger partial charge in [0.25, 0.3) is 11.7 Å². The van der Waals surface area contributed by atoms with E-state index in [0.717, 1.165) is 18.4 Å². The number of carbonyl (C=O) groups is 2. The van der Waals surface area contributed by atoms with Crippen molar-refractivity contribution in [2.75, 3.05) is 13.7 Å². The topological polar surface area (TPSA) is 66.8 Å². The van der Waals surface area contributed by atoms with Crippen LogP contribution < -0.4 is 4.74 Å². The highest BCUT2D eigenvalue weighted by Gasteiger charge is 2.45. The molecule has 0 spiro atoms. The van der Waals surface area contributed by atoms with Crippen molar-refractivity contribution < 1.29 is 19.4 Å². The summed E-state index contributed by atoms with van der Waals surface area (Å²) < 4.78 is 5.14. The van der Waals surface area contributed by atoms with Gasteiger partial charge in [-0.15, -0.1) is 0 Å². The third kappa shape index (κ3) is 3.76. The maximum atomic E-state index is 12.8. The van der Waals surface area contributed by atoms with Gasteiger partial charge in [-0.05, 0) is 48.4 Å². The molecule has 1 saturated heterocycles. The first-order valence-corrected chi connectivity index (χ1v) is 9.54. The number of unbranched alkanes of at least 4 members (excludes halogenated alkanes) is 1. The molecule has 1 heterocycles.